The number of hydrogen-bond acceptors (Lipinski definition) is 2. The molecule has 3 aromatic rings. The Morgan fingerprint density at radius 2 is 1.88 bits per heavy atom. The Morgan fingerprint density at radius 3 is 2.67 bits per heavy atom. The van der Waals surface area contributed by atoms with Crippen LogP contribution < -0.4 is 5.73 Å². The quantitative estimate of drug-likeness (QED) is 0.778. The average molecular weight is 319 g/mol. The fourth-order valence-corrected chi connectivity index (χ4v) is 3.66. The molecule has 5 heteroatoms. The summed E-state index contributed by atoms with van der Waals surface area (Å²) in [6, 6.07) is 15.2. The second kappa shape index (κ2) is 5.23. The van der Waals surface area contributed by atoms with E-state index in [4.69, 9.17) is 5.73 Å². The molecule has 2 aromatic carbocycles. The number of aromatic nitrogens is 1. The van der Waals surface area contributed by atoms with Gasteiger partial charge in [0.25, 0.3) is 5.91 Å². The summed E-state index contributed by atoms with van der Waals surface area (Å²) >= 11 is 0. The van der Waals surface area contributed by atoms with E-state index in [9.17, 15) is 9.59 Å². The van der Waals surface area contributed by atoms with Crippen molar-refractivity contribution in [2.45, 2.75) is 13.0 Å². The molecule has 2 heterocycles. The molecule has 4 rings (SSSR count). The smallest absolute Gasteiger partial charge is 0.255 e. The van der Waals surface area contributed by atoms with Crippen LogP contribution in [0.2, 0.25) is 0 Å². The third kappa shape index (κ3) is 2.01. The van der Waals surface area contributed by atoms with Crippen LogP contribution in [-0.4, -0.2) is 28.2 Å². The number of aryl methyl sites for hydroxylation is 1. The Bertz CT molecular complexity index is 974. The number of amides is 2. The Balaban J connectivity index is 1.97. The highest BCUT2D eigenvalue weighted by atomic mass is 16.2. The van der Waals surface area contributed by atoms with Crippen molar-refractivity contribution >= 4 is 22.7 Å². The van der Waals surface area contributed by atoms with E-state index in [0.29, 0.717) is 5.56 Å². The first-order valence-electron chi connectivity index (χ1n) is 7.83. The number of nitrogens with zero attached hydrogens (tertiary/aromatic N) is 1. The van der Waals surface area contributed by atoms with Crippen molar-refractivity contribution in [3.05, 3.63) is 70.9 Å². The fraction of sp³-hybridized carbons (Fsp3) is 0.158. The Kier molecular flexibility index (Phi) is 3.16. The molecule has 1 atom stereocenters. The normalized spacial score (nSPS) is 16.6. The predicted molar refractivity (Wildman–Crippen MR) is 91.6 cm³/mol. The lowest BCUT2D eigenvalue weighted by atomic mass is 9.95. The summed E-state index contributed by atoms with van der Waals surface area (Å²) in [5.74, 6) is -0.669. The SMILES string of the molecule is Cc1[nH]c2ccccc2c1[C@H]1c2ccccc2C(=O)N1CC(N)=O. The molecule has 1 aliphatic heterocycles. The van der Waals surface area contributed by atoms with Gasteiger partial charge < -0.3 is 15.6 Å². The number of rotatable bonds is 3. The van der Waals surface area contributed by atoms with Crippen LogP contribution in [0.25, 0.3) is 10.9 Å². The highest BCUT2D eigenvalue weighted by Crippen LogP contribution is 2.42. The van der Waals surface area contributed by atoms with Crippen molar-refractivity contribution in [3.8, 4) is 0 Å². The lowest BCUT2D eigenvalue weighted by Crippen LogP contribution is -2.37. The van der Waals surface area contributed by atoms with Crippen molar-refractivity contribution in [1.29, 1.82) is 0 Å². The van der Waals surface area contributed by atoms with E-state index in [1.165, 1.54) is 0 Å². The molecule has 120 valence electrons. The first-order valence-corrected chi connectivity index (χ1v) is 7.83. The molecule has 3 N–H and O–H groups in total. The van der Waals surface area contributed by atoms with Crippen LogP contribution in [0.15, 0.2) is 48.5 Å². The van der Waals surface area contributed by atoms with E-state index < -0.39 is 5.91 Å². The first kappa shape index (κ1) is 14.5. The van der Waals surface area contributed by atoms with E-state index in [0.717, 1.165) is 27.7 Å². The number of hydrogen-bond donors (Lipinski definition) is 2. The number of aromatic amines is 1. The third-order valence-electron chi connectivity index (χ3n) is 4.60. The molecule has 5 nitrogen and oxygen atoms in total. The standard InChI is InChI=1S/C19H17N3O2/c1-11-17(14-8-4-5-9-15(14)21-11)18-12-6-2-3-7-13(12)19(24)22(18)10-16(20)23/h2-9,18,21H,10H2,1H3,(H2,20,23)/t18-/m1/s1. The molecular formula is C19H17N3O2. The minimum atomic E-state index is -0.515. The number of para-hydroxylation sites is 1. The van der Waals surface area contributed by atoms with E-state index in [1.807, 2.05) is 49.4 Å². The summed E-state index contributed by atoms with van der Waals surface area (Å²) in [6.45, 7) is 1.89. The molecule has 1 aromatic heterocycles. The van der Waals surface area contributed by atoms with Crippen LogP contribution in [0.5, 0.6) is 0 Å². The maximum Gasteiger partial charge on any atom is 0.255 e. The van der Waals surface area contributed by atoms with Crippen LogP contribution in [0.4, 0.5) is 0 Å². The van der Waals surface area contributed by atoms with Crippen molar-refractivity contribution < 1.29 is 9.59 Å². The molecule has 2 amide bonds. The van der Waals surface area contributed by atoms with Gasteiger partial charge in [-0.05, 0) is 24.6 Å². The summed E-state index contributed by atoms with van der Waals surface area (Å²) in [4.78, 5) is 29.3. The maximum absolute atomic E-state index is 12.8. The minimum absolute atomic E-state index is 0.100. The lowest BCUT2D eigenvalue weighted by Gasteiger charge is -2.25. The third-order valence-corrected chi connectivity index (χ3v) is 4.60. The molecule has 0 saturated carbocycles. The summed E-state index contributed by atoms with van der Waals surface area (Å²) in [6.07, 6.45) is 0. The molecule has 0 bridgehead atoms. The minimum Gasteiger partial charge on any atom is -0.368 e. The van der Waals surface area contributed by atoms with E-state index >= 15 is 0 Å². The molecule has 0 unspecified atom stereocenters. The van der Waals surface area contributed by atoms with Gasteiger partial charge in [-0.1, -0.05) is 36.4 Å². The van der Waals surface area contributed by atoms with E-state index in [-0.39, 0.29) is 18.5 Å². The highest BCUT2D eigenvalue weighted by Gasteiger charge is 2.39. The summed E-state index contributed by atoms with van der Waals surface area (Å²) in [5, 5.41) is 1.05. The van der Waals surface area contributed by atoms with Gasteiger partial charge in [-0.3, -0.25) is 9.59 Å². The highest BCUT2D eigenvalue weighted by molar-refractivity contribution is 6.02. The molecule has 0 spiro atoms. The molecule has 0 aliphatic carbocycles. The first-order chi connectivity index (χ1) is 11.6. The summed E-state index contributed by atoms with van der Waals surface area (Å²) in [7, 11) is 0. The predicted octanol–water partition coefficient (Wildman–Crippen LogP) is 2.51. The number of carbonyl (C=O) groups excluding carboxylic acids is 2. The molecule has 24 heavy (non-hydrogen) atoms. The number of primary amides is 1. The Hall–Kier alpha value is -3.08. The van der Waals surface area contributed by atoms with E-state index in [1.54, 1.807) is 11.0 Å². The summed E-state index contributed by atoms with van der Waals surface area (Å²) < 4.78 is 0. The molecule has 0 fully saturated rings. The Morgan fingerprint density at radius 1 is 1.17 bits per heavy atom. The monoisotopic (exact) mass is 319 g/mol. The molecule has 0 saturated heterocycles. The zero-order valence-electron chi connectivity index (χ0n) is 13.2. The van der Waals surface area contributed by atoms with Gasteiger partial charge in [-0.2, -0.15) is 0 Å². The zero-order valence-corrected chi connectivity index (χ0v) is 13.2. The van der Waals surface area contributed by atoms with Crippen LogP contribution >= 0.6 is 0 Å². The van der Waals surface area contributed by atoms with Gasteiger partial charge in [0.2, 0.25) is 5.91 Å². The molecular weight excluding hydrogens is 302 g/mol. The van der Waals surface area contributed by atoms with Gasteiger partial charge in [-0.15, -0.1) is 0 Å². The number of nitrogens with two attached hydrogens (primary N) is 1. The number of H-pyrrole nitrogens is 1. The van der Waals surface area contributed by atoms with Gasteiger partial charge in [0.15, 0.2) is 0 Å². The summed E-state index contributed by atoms with van der Waals surface area (Å²) in [5.41, 5.74) is 9.96. The number of benzene rings is 2. The zero-order chi connectivity index (χ0) is 16.8. The van der Waals surface area contributed by atoms with Crippen molar-refractivity contribution in [3.63, 3.8) is 0 Å². The van der Waals surface area contributed by atoms with Gasteiger partial charge >= 0.3 is 0 Å². The van der Waals surface area contributed by atoms with Gasteiger partial charge in [-0.25, -0.2) is 0 Å². The van der Waals surface area contributed by atoms with Crippen molar-refractivity contribution in [1.82, 2.24) is 9.88 Å². The number of carbonyl (C=O) groups is 2. The van der Waals surface area contributed by atoms with Crippen molar-refractivity contribution in [2.24, 2.45) is 5.73 Å². The molecule has 1 aliphatic rings. The topological polar surface area (TPSA) is 79.2 Å². The Labute approximate surface area is 139 Å². The second-order valence-electron chi connectivity index (χ2n) is 6.10. The molecule has 0 radical (unpaired) electrons. The lowest BCUT2D eigenvalue weighted by molar-refractivity contribution is -0.118. The van der Waals surface area contributed by atoms with Crippen molar-refractivity contribution in [2.75, 3.05) is 6.54 Å². The maximum atomic E-state index is 12.8. The van der Waals surface area contributed by atoms with Crippen LogP contribution in [-0.2, 0) is 4.79 Å². The number of fused-ring (bicyclic) bond motifs is 2. The van der Waals surface area contributed by atoms with Crippen LogP contribution in [0, 0.1) is 6.92 Å². The van der Waals surface area contributed by atoms with Gasteiger partial charge in [0.1, 0.15) is 6.54 Å². The second-order valence-corrected chi connectivity index (χ2v) is 6.10. The van der Waals surface area contributed by atoms with Gasteiger partial charge in [0, 0.05) is 27.7 Å². The average Bonchev–Trinajstić information content (AvgIpc) is 3.02. The fourth-order valence-electron chi connectivity index (χ4n) is 3.66. The van der Waals surface area contributed by atoms with Crippen LogP contribution in [0.1, 0.15) is 33.2 Å². The van der Waals surface area contributed by atoms with Crippen LogP contribution in [0.3, 0.4) is 0 Å². The van der Waals surface area contributed by atoms with E-state index in [2.05, 4.69) is 4.98 Å². The van der Waals surface area contributed by atoms with Gasteiger partial charge in [0.05, 0.1) is 6.04 Å². The largest absolute Gasteiger partial charge is 0.368 e. The number of nitrogens with one attached hydrogen (secondary N) is 1.